The van der Waals surface area contributed by atoms with Crippen molar-refractivity contribution in [2.45, 2.75) is 18.3 Å². The first-order valence-electron chi connectivity index (χ1n) is 10.4. The molecule has 8 heteroatoms. The van der Waals surface area contributed by atoms with Gasteiger partial charge in [0.1, 0.15) is 11.6 Å². The molecule has 0 radical (unpaired) electrons. The highest BCUT2D eigenvalue weighted by molar-refractivity contribution is 8.01. The molecule has 0 N–H and O–H groups in total. The molecule has 0 unspecified atom stereocenters. The Hall–Kier alpha value is -2.90. The molecule has 0 aromatic heterocycles. The molecule has 5 rings (SSSR count). The number of amides is 2. The van der Waals surface area contributed by atoms with Crippen LogP contribution in [0.1, 0.15) is 27.0 Å². The summed E-state index contributed by atoms with van der Waals surface area (Å²) in [7, 11) is 0. The highest BCUT2D eigenvalue weighted by atomic mass is 35.5. The molecule has 2 aliphatic rings. The molecule has 4 nitrogen and oxygen atoms in total. The van der Waals surface area contributed by atoms with Crippen molar-refractivity contribution in [3.63, 3.8) is 0 Å². The van der Waals surface area contributed by atoms with Gasteiger partial charge < -0.3 is 9.80 Å². The molecule has 1 atom stereocenters. The van der Waals surface area contributed by atoms with E-state index in [-0.39, 0.29) is 23.9 Å². The maximum atomic E-state index is 14.4. The van der Waals surface area contributed by atoms with Crippen LogP contribution in [-0.2, 0) is 16.2 Å². The molecule has 2 heterocycles. The maximum Gasteiger partial charge on any atom is 0.268 e. The summed E-state index contributed by atoms with van der Waals surface area (Å²) < 4.78 is 28.9. The van der Waals surface area contributed by atoms with Crippen molar-refractivity contribution in [1.29, 1.82) is 0 Å². The van der Waals surface area contributed by atoms with Gasteiger partial charge in [0, 0.05) is 34.0 Å². The highest BCUT2D eigenvalue weighted by Gasteiger charge is 2.59. The van der Waals surface area contributed by atoms with Gasteiger partial charge in [-0.05, 0) is 49.4 Å². The van der Waals surface area contributed by atoms with Gasteiger partial charge in [-0.2, -0.15) is 0 Å². The third-order valence-electron chi connectivity index (χ3n) is 6.06. The maximum absolute atomic E-state index is 14.4. The smallest absolute Gasteiger partial charge is 0.268 e. The zero-order chi connectivity index (χ0) is 23.3. The van der Waals surface area contributed by atoms with E-state index in [4.69, 9.17) is 11.6 Å². The largest absolute Gasteiger partial charge is 0.311 e. The van der Waals surface area contributed by atoms with Crippen LogP contribution in [0.15, 0.2) is 60.7 Å². The van der Waals surface area contributed by atoms with E-state index in [1.165, 1.54) is 34.9 Å². The second-order valence-corrected chi connectivity index (χ2v) is 9.79. The lowest BCUT2D eigenvalue weighted by molar-refractivity contribution is -0.123. The number of fused-ring (bicyclic) bond motifs is 2. The number of benzene rings is 3. The fourth-order valence-corrected chi connectivity index (χ4v) is 6.05. The monoisotopic (exact) mass is 484 g/mol. The van der Waals surface area contributed by atoms with E-state index < -0.39 is 16.5 Å². The Morgan fingerprint density at radius 1 is 1.09 bits per heavy atom. The number of hydrogen-bond donors (Lipinski definition) is 0. The normalized spacial score (nSPS) is 19.5. The lowest BCUT2D eigenvalue weighted by Gasteiger charge is -2.33. The molecule has 33 heavy (non-hydrogen) atoms. The van der Waals surface area contributed by atoms with Gasteiger partial charge in [-0.1, -0.05) is 35.4 Å². The van der Waals surface area contributed by atoms with Crippen molar-refractivity contribution < 1.29 is 18.4 Å². The minimum absolute atomic E-state index is 0.187. The molecule has 2 aliphatic heterocycles. The Labute approximate surface area is 199 Å². The molecule has 0 aliphatic carbocycles. The first-order valence-corrected chi connectivity index (χ1v) is 11.8. The van der Waals surface area contributed by atoms with Gasteiger partial charge in [0.05, 0.1) is 12.2 Å². The standard InChI is InChI=1S/C25H19ClF2N2O2S/c1-15-5-10-22-19(13-15)25(24(32)29(22)14-18-20(27)3-2-4-21(18)28)30(11-12-33-25)23(31)16-6-8-17(26)9-7-16/h2-10,13H,11-12,14H2,1H3/t25-/m0/s1. The second kappa shape index (κ2) is 8.15. The molecule has 0 saturated carbocycles. The summed E-state index contributed by atoms with van der Waals surface area (Å²) >= 11 is 7.34. The Bertz CT molecular complexity index is 1260. The predicted octanol–water partition coefficient (Wildman–Crippen LogP) is 5.52. The van der Waals surface area contributed by atoms with Crippen molar-refractivity contribution in [2.24, 2.45) is 0 Å². The van der Waals surface area contributed by atoms with Gasteiger partial charge in [-0.25, -0.2) is 8.78 Å². The predicted molar refractivity (Wildman–Crippen MR) is 125 cm³/mol. The Balaban J connectivity index is 1.61. The lowest BCUT2D eigenvalue weighted by atomic mass is 10.0. The minimum atomic E-state index is -1.29. The summed E-state index contributed by atoms with van der Waals surface area (Å²) in [5.41, 5.74) is 2.37. The van der Waals surface area contributed by atoms with Gasteiger partial charge in [-0.15, -0.1) is 11.8 Å². The van der Waals surface area contributed by atoms with Crippen molar-refractivity contribution in [2.75, 3.05) is 17.2 Å². The van der Waals surface area contributed by atoms with Gasteiger partial charge in [0.25, 0.3) is 11.8 Å². The number of carbonyl (C=O) groups excluding carboxylic acids is 2. The van der Waals surface area contributed by atoms with E-state index in [0.29, 0.717) is 34.1 Å². The number of rotatable bonds is 3. The van der Waals surface area contributed by atoms with Crippen LogP contribution in [0, 0.1) is 18.6 Å². The molecule has 2 amide bonds. The van der Waals surface area contributed by atoms with Crippen LogP contribution >= 0.6 is 23.4 Å². The van der Waals surface area contributed by atoms with Crippen LogP contribution in [0.25, 0.3) is 0 Å². The van der Waals surface area contributed by atoms with E-state index in [1.807, 2.05) is 19.1 Å². The average molecular weight is 485 g/mol. The molecule has 1 fully saturated rings. The first kappa shape index (κ1) is 21.9. The van der Waals surface area contributed by atoms with Crippen LogP contribution in [0.3, 0.4) is 0 Å². The summed E-state index contributed by atoms with van der Waals surface area (Å²) in [5, 5.41) is 0.507. The zero-order valence-electron chi connectivity index (χ0n) is 17.6. The number of thioether (sulfide) groups is 1. The van der Waals surface area contributed by atoms with Gasteiger partial charge in [-0.3, -0.25) is 9.59 Å². The highest BCUT2D eigenvalue weighted by Crippen LogP contribution is 2.55. The number of carbonyl (C=O) groups is 2. The fraction of sp³-hybridized carbons (Fsp3) is 0.200. The van der Waals surface area contributed by atoms with Crippen molar-refractivity contribution in [1.82, 2.24) is 4.90 Å². The van der Waals surface area contributed by atoms with E-state index >= 15 is 0 Å². The number of nitrogens with zero attached hydrogens (tertiary/aromatic N) is 2. The number of aryl methyl sites for hydroxylation is 1. The zero-order valence-corrected chi connectivity index (χ0v) is 19.2. The molecule has 1 saturated heterocycles. The van der Waals surface area contributed by atoms with Gasteiger partial charge in [0.15, 0.2) is 4.87 Å². The molecule has 0 bridgehead atoms. The van der Waals surface area contributed by atoms with Gasteiger partial charge >= 0.3 is 0 Å². The van der Waals surface area contributed by atoms with E-state index in [9.17, 15) is 18.4 Å². The second-order valence-electron chi connectivity index (χ2n) is 8.07. The first-order chi connectivity index (χ1) is 15.8. The number of halogens is 3. The summed E-state index contributed by atoms with van der Waals surface area (Å²) in [6, 6.07) is 15.7. The summed E-state index contributed by atoms with van der Waals surface area (Å²) in [5.74, 6) is -1.55. The van der Waals surface area contributed by atoms with Crippen molar-refractivity contribution in [3.8, 4) is 0 Å². The summed E-state index contributed by atoms with van der Waals surface area (Å²) in [4.78, 5) is 29.1. The van der Waals surface area contributed by atoms with Crippen LogP contribution in [0.4, 0.5) is 14.5 Å². The molecule has 3 aromatic carbocycles. The van der Waals surface area contributed by atoms with Crippen LogP contribution < -0.4 is 4.90 Å². The van der Waals surface area contributed by atoms with Crippen LogP contribution in [0.2, 0.25) is 5.02 Å². The Morgan fingerprint density at radius 3 is 2.48 bits per heavy atom. The average Bonchev–Trinajstić information content (AvgIpc) is 3.33. The van der Waals surface area contributed by atoms with E-state index in [1.54, 1.807) is 35.2 Å². The van der Waals surface area contributed by atoms with Crippen LogP contribution in [-0.4, -0.2) is 29.0 Å². The third kappa shape index (κ3) is 3.42. The molecule has 168 valence electrons. The van der Waals surface area contributed by atoms with E-state index in [2.05, 4.69) is 0 Å². The van der Waals surface area contributed by atoms with Crippen LogP contribution in [0.5, 0.6) is 0 Å². The summed E-state index contributed by atoms with van der Waals surface area (Å²) in [6.07, 6.45) is 0. The van der Waals surface area contributed by atoms with Crippen molar-refractivity contribution in [3.05, 3.63) is 99.6 Å². The van der Waals surface area contributed by atoms with Crippen molar-refractivity contribution >= 4 is 40.9 Å². The third-order valence-corrected chi connectivity index (χ3v) is 7.73. The molecule has 1 spiro atoms. The van der Waals surface area contributed by atoms with Gasteiger partial charge in [0.2, 0.25) is 0 Å². The summed E-state index contributed by atoms with van der Waals surface area (Å²) in [6.45, 7) is 2.01. The Morgan fingerprint density at radius 2 is 1.79 bits per heavy atom. The quantitative estimate of drug-likeness (QED) is 0.492. The fourth-order valence-electron chi connectivity index (χ4n) is 4.48. The molecular weight excluding hydrogens is 466 g/mol. The number of anilines is 1. The molecule has 3 aromatic rings. The Kier molecular flexibility index (Phi) is 5.41. The minimum Gasteiger partial charge on any atom is -0.311 e. The topological polar surface area (TPSA) is 40.6 Å². The van der Waals surface area contributed by atoms with E-state index in [0.717, 1.165) is 5.56 Å². The number of hydrogen-bond acceptors (Lipinski definition) is 3. The molecular formula is C25H19ClF2N2O2S. The SMILES string of the molecule is Cc1ccc2c(c1)[C@]1(SCCN1C(=O)c1ccc(Cl)cc1)C(=O)N2Cc1c(F)cccc1F. The lowest BCUT2D eigenvalue weighted by Crippen LogP contribution is -2.50.